The summed E-state index contributed by atoms with van der Waals surface area (Å²) in [7, 11) is 0. The summed E-state index contributed by atoms with van der Waals surface area (Å²) in [6, 6.07) is 11.6. The molecule has 0 fully saturated rings. The van der Waals surface area contributed by atoms with E-state index in [0.717, 1.165) is 3.57 Å². The third-order valence-corrected chi connectivity index (χ3v) is 3.04. The largest absolute Gasteiger partial charge is 0.457 e. The number of nitrogens with two attached hydrogens (primary N) is 1. The summed E-state index contributed by atoms with van der Waals surface area (Å²) in [6.45, 7) is 0. The molecule has 0 heterocycles. The summed E-state index contributed by atoms with van der Waals surface area (Å²) in [5.41, 5.74) is 2.70. The van der Waals surface area contributed by atoms with Crippen LogP contribution in [-0.4, -0.2) is 4.92 Å². The van der Waals surface area contributed by atoms with Gasteiger partial charge in [0.1, 0.15) is 11.5 Å². The highest BCUT2D eigenvalue weighted by Gasteiger charge is 2.10. The molecule has 19 heavy (non-hydrogen) atoms. The van der Waals surface area contributed by atoms with Crippen LogP contribution in [0, 0.1) is 13.7 Å². The number of halogens is 1. The van der Waals surface area contributed by atoms with E-state index in [1.165, 1.54) is 12.1 Å². The van der Waals surface area contributed by atoms with Gasteiger partial charge in [0.15, 0.2) is 0 Å². The summed E-state index contributed by atoms with van der Waals surface area (Å²) < 4.78 is 6.64. The molecule has 0 bridgehead atoms. The quantitative estimate of drug-likeness (QED) is 0.373. The fourth-order valence-corrected chi connectivity index (χ4v) is 1.83. The average molecular weight is 371 g/mol. The number of nitrogens with one attached hydrogen (secondary N) is 1. The molecule has 0 amide bonds. The molecule has 0 spiro atoms. The highest BCUT2D eigenvalue weighted by Crippen LogP contribution is 2.29. The minimum Gasteiger partial charge on any atom is -0.457 e. The van der Waals surface area contributed by atoms with Crippen LogP contribution in [0.1, 0.15) is 0 Å². The second-order valence-corrected chi connectivity index (χ2v) is 4.92. The van der Waals surface area contributed by atoms with E-state index in [1.807, 2.05) is 12.1 Å². The third-order valence-electron chi connectivity index (χ3n) is 2.32. The average Bonchev–Trinajstić information content (AvgIpc) is 2.41. The van der Waals surface area contributed by atoms with E-state index in [-0.39, 0.29) is 5.69 Å². The molecule has 0 atom stereocenters. The number of nitrogen functional groups attached to an aromatic ring is 1. The molecule has 0 aliphatic rings. The first kappa shape index (κ1) is 13.6. The minimum absolute atomic E-state index is 0.0871. The standard InChI is InChI=1S/C12H10IN3O3/c13-8-1-3-11(4-2-8)19-12-6-9(15-14)5-10(7-12)16(17)18/h1-7,15H,14H2. The Morgan fingerprint density at radius 1 is 1.16 bits per heavy atom. The zero-order chi connectivity index (χ0) is 13.8. The lowest BCUT2D eigenvalue weighted by molar-refractivity contribution is -0.384. The van der Waals surface area contributed by atoms with Crippen LogP contribution in [0.2, 0.25) is 0 Å². The first-order valence-corrected chi connectivity index (χ1v) is 6.36. The maximum Gasteiger partial charge on any atom is 0.275 e. The van der Waals surface area contributed by atoms with E-state index in [1.54, 1.807) is 18.2 Å². The maximum atomic E-state index is 10.8. The number of benzene rings is 2. The number of nitro groups is 1. The van der Waals surface area contributed by atoms with Gasteiger partial charge >= 0.3 is 0 Å². The van der Waals surface area contributed by atoms with E-state index in [0.29, 0.717) is 17.2 Å². The molecule has 2 rings (SSSR count). The Kier molecular flexibility index (Phi) is 4.17. The number of anilines is 1. The van der Waals surface area contributed by atoms with Crippen LogP contribution in [0.25, 0.3) is 0 Å². The van der Waals surface area contributed by atoms with E-state index in [2.05, 4.69) is 28.0 Å². The minimum atomic E-state index is -0.498. The zero-order valence-electron chi connectivity index (χ0n) is 9.67. The number of nitrogens with zero attached hydrogens (tertiary/aromatic N) is 1. The van der Waals surface area contributed by atoms with Crippen LogP contribution in [0.3, 0.4) is 0 Å². The van der Waals surface area contributed by atoms with Crippen LogP contribution in [-0.2, 0) is 0 Å². The van der Waals surface area contributed by atoms with E-state index in [4.69, 9.17) is 10.6 Å². The molecule has 2 aromatic rings. The number of hydrogen-bond acceptors (Lipinski definition) is 5. The molecule has 0 aromatic heterocycles. The van der Waals surface area contributed by atoms with Gasteiger partial charge in [0, 0.05) is 15.7 Å². The summed E-state index contributed by atoms with van der Waals surface area (Å²) in [5.74, 6) is 6.22. The molecule has 98 valence electrons. The Morgan fingerprint density at radius 3 is 2.42 bits per heavy atom. The SMILES string of the molecule is NNc1cc(Oc2ccc(I)cc2)cc([N+](=O)[O-])c1. The number of non-ortho nitro benzene ring substituents is 1. The monoisotopic (exact) mass is 371 g/mol. The van der Waals surface area contributed by atoms with Gasteiger partial charge in [-0.3, -0.25) is 16.0 Å². The third kappa shape index (κ3) is 3.55. The normalized spacial score (nSPS) is 10.0. The van der Waals surface area contributed by atoms with Crippen LogP contribution < -0.4 is 16.0 Å². The topological polar surface area (TPSA) is 90.4 Å². The second kappa shape index (κ2) is 5.85. The van der Waals surface area contributed by atoms with Crippen LogP contribution >= 0.6 is 22.6 Å². The summed E-state index contributed by atoms with van der Waals surface area (Å²) in [5, 5.41) is 10.8. The lowest BCUT2D eigenvalue weighted by Crippen LogP contribution is -2.07. The van der Waals surface area contributed by atoms with Gasteiger partial charge in [-0.2, -0.15) is 0 Å². The van der Waals surface area contributed by atoms with Gasteiger partial charge in [-0.05, 0) is 46.9 Å². The smallest absolute Gasteiger partial charge is 0.275 e. The van der Waals surface area contributed by atoms with Crippen LogP contribution in [0.15, 0.2) is 42.5 Å². The molecule has 0 saturated heterocycles. The lowest BCUT2D eigenvalue weighted by atomic mass is 10.2. The van der Waals surface area contributed by atoms with Crippen molar-refractivity contribution >= 4 is 34.0 Å². The first-order chi connectivity index (χ1) is 9.08. The first-order valence-electron chi connectivity index (χ1n) is 5.28. The fourth-order valence-electron chi connectivity index (χ4n) is 1.47. The number of hydrogen-bond donors (Lipinski definition) is 2. The molecule has 7 heteroatoms. The summed E-state index contributed by atoms with van der Waals surface area (Å²) in [4.78, 5) is 10.3. The summed E-state index contributed by atoms with van der Waals surface area (Å²) in [6.07, 6.45) is 0. The highest BCUT2D eigenvalue weighted by atomic mass is 127. The number of ether oxygens (including phenoxy) is 1. The Hall–Kier alpha value is -1.87. The van der Waals surface area contributed by atoms with Crippen molar-refractivity contribution in [2.24, 2.45) is 5.84 Å². The van der Waals surface area contributed by atoms with Gasteiger partial charge < -0.3 is 10.2 Å². The molecule has 0 aliphatic heterocycles. The van der Waals surface area contributed by atoms with Crippen molar-refractivity contribution in [2.45, 2.75) is 0 Å². The molecule has 0 saturated carbocycles. The fraction of sp³-hybridized carbons (Fsp3) is 0. The molecule has 0 unspecified atom stereocenters. The van der Waals surface area contributed by atoms with Gasteiger partial charge in [-0.15, -0.1) is 0 Å². The molecule has 0 aliphatic carbocycles. The molecule has 3 N–H and O–H groups in total. The predicted octanol–water partition coefficient (Wildman–Crippen LogP) is 3.28. The van der Waals surface area contributed by atoms with Gasteiger partial charge in [0.25, 0.3) is 5.69 Å². The maximum absolute atomic E-state index is 10.8. The van der Waals surface area contributed by atoms with Crippen molar-refractivity contribution in [3.8, 4) is 11.5 Å². The van der Waals surface area contributed by atoms with E-state index >= 15 is 0 Å². The Balaban J connectivity index is 2.31. The van der Waals surface area contributed by atoms with Crippen molar-refractivity contribution in [3.63, 3.8) is 0 Å². The Bertz CT molecular complexity index is 602. The van der Waals surface area contributed by atoms with E-state index < -0.39 is 4.92 Å². The van der Waals surface area contributed by atoms with Gasteiger partial charge in [0.05, 0.1) is 16.7 Å². The highest BCUT2D eigenvalue weighted by molar-refractivity contribution is 14.1. The Morgan fingerprint density at radius 2 is 1.84 bits per heavy atom. The predicted molar refractivity (Wildman–Crippen MR) is 80.1 cm³/mol. The van der Waals surface area contributed by atoms with Crippen LogP contribution in [0.5, 0.6) is 11.5 Å². The zero-order valence-corrected chi connectivity index (χ0v) is 11.8. The van der Waals surface area contributed by atoms with E-state index in [9.17, 15) is 10.1 Å². The molecule has 6 nitrogen and oxygen atoms in total. The van der Waals surface area contributed by atoms with Crippen LogP contribution in [0.4, 0.5) is 11.4 Å². The summed E-state index contributed by atoms with van der Waals surface area (Å²) >= 11 is 2.18. The number of rotatable bonds is 4. The molecule has 0 radical (unpaired) electrons. The lowest BCUT2D eigenvalue weighted by Gasteiger charge is -2.08. The molecule has 2 aromatic carbocycles. The second-order valence-electron chi connectivity index (χ2n) is 3.67. The van der Waals surface area contributed by atoms with Crippen molar-refractivity contribution in [2.75, 3.05) is 5.43 Å². The van der Waals surface area contributed by atoms with Crippen molar-refractivity contribution < 1.29 is 9.66 Å². The van der Waals surface area contributed by atoms with Crippen molar-refractivity contribution in [1.82, 2.24) is 0 Å². The van der Waals surface area contributed by atoms with Gasteiger partial charge in [-0.25, -0.2) is 0 Å². The van der Waals surface area contributed by atoms with Gasteiger partial charge in [-0.1, -0.05) is 0 Å². The van der Waals surface area contributed by atoms with Gasteiger partial charge in [0.2, 0.25) is 0 Å². The molecular weight excluding hydrogens is 361 g/mol. The number of hydrazine groups is 1. The van der Waals surface area contributed by atoms with Crippen molar-refractivity contribution in [1.29, 1.82) is 0 Å². The molecular formula is C12H10IN3O3. The van der Waals surface area contributed by atoms with Crippen molar-refractivity contribution in [3.05, 3.63) is 56.1 Å². The number of nitro benzene ring substituents is 1. The Labute approximate surface area is 122 Å².